The van der Waals surface area contributed by atoms with E-state index in [1.165, 1.54) is 5.56 Å². The van der Waals surface area contributed by atoms with Crippen molar-refractivity contribution < 1.29 is 9.15 Å². The van der Waals surface area contributed by atoms with Crippen LogP contribution in [0.2, 0.25) is 0 Å². The number of benzene rings is 1. The summed E-state index contributed by atoms with van der Waals surface area (Å²) in [6.45, 7) is 1.75. The molecule has 2 aromatic heterocycles. The van der Waals surface area contributed by atoms with Gasteiger partial charge in [-0.1, -0.05) is 0 Å². The number of likely N-dealkylation sites (N-methyl/N-ethyl adjacent to an activating group) is 1. The Labute approximate surface area is 142 Å². The van der Waals surface area contributed by atoms with Crippen molar-refractivity contribution in [1.29, 1.82) is 0 Å². The van der Waals surface area contributed by atoms with Crippen LogP contribution in [0.25, 0.3) is 11.3 Å². The number of hydrogen-bond acceptors (Lipinski definition) is 4. The summed E-state index contributed by atoms with van der Waals surface area (Å²) in [7, 11) is 5.71. The van der Waals surface area contributed by atoms with Crippen molar-refractivity contribution in [3.05, 3.63) is 60.1 Å². The molecule has 0 spiro atoms. The number of ether oxygens (including phenoxy) is 1. The minimum absolute atomic E-state index is 0.788. The SMILES string of the molecule is COc1ccc(-c2ccc(CN(C)CCc3cnn(C)c3)o2)cc1. The summed E-state index contributed by atoms with van der Waals surface area (Å²) < 4.78 is 13.0. The average Bonchev–Trinajstić information content (AvgIpc) is 3.22. The maximum Gasteiger partial charge on any atom is 0.134 e. The zero-order valence-corrected chi connectivity index (χ0v) is 14.4. The van der Waals surface area contributed by atoms with E-state index in [0.29, 0.717) is 0 Å². The molecule has 3 rings (SSSR count). The van der Waals surface area contributed by atoms with Crippen LogP contribution in [0, 0.1) is 0 Å². The minimum atomic E-state index is 0.788. The highest BCUT2D eigenvalue weighted by Crippen LogP contribution is 2.24. The van der Waals surface area contributed by atoms with Crippen LogP contribution in [-0.2, 0) is 20.0 Å². The second kappa shape index (κ2) is 7.36. The van der Waals surface area contributed by atoms with Crippen molar-refractivity contribution in [2.24, 2.45) is 7.05 Å². The van der Waals surface area contributed by atoms with Crippen molar-refractivity contribution in [3.8, 4) is 17.1 Å². The monoisotopic (exact) mass is 325 g/mol. The number of furan rings is 1. The summed E-state index contributed by atoms with van der Waals surface area (Å²) in [6, 6.07) is 12.0. The molecular weight excluding hydrogens is 302 g/mol. The molecule has 5 nitrogen and oxygen atoms in total. The van der Waals surface area contributed by atoms with Crippen molar-refractivity contribution in [3.63, 3.8) is 0 Å². The first-order valence-corrected chi connectivity index (χ1v) is 8.03. The molecule has 5 heteroatoms. The van der Waals surface area contributed by atoms with Crippen LogP contribution < -0.4 is 4.74 Å². The third kappa shape index (κ3) is 4.06. The third-order valence-corrected chi connectivity index (χ3v) is 4.00. The van der Waals surface area contributed by atoms with Crippen LogP contribution in [0.15, 0.2) is 53.2 Å². The van der Waals surface area contributed by atoms with Gasteiger partial charge in [-0.15, -0.1) is 0 Å². The number of aromatic nitrogens is 2. The standard InChI is InChI=1S/C19H23N3O2/c1-21(11-10-15-12-20-22(2)13-15)14-18-8-9-19(24-18)16-4-6-17(23-3)7-5-16/h4-9,12-13H,10-11,14H2,1-3H3. The number of hydrogen-bond donors (Lipinski definition) is 0. The molecule has 0 saturated carbocycles. The summed E-state index contributed by atoms with van der Waals surface area (Å²) in [4.78, 5) is 2.25. The fourth-order valence-electron chi connectivity index (χ4n) is 2.64. The van der Waals surface area contributed by atoms with Gasteiger partial charge in [0.15, 0.2) is 0 Å². The second-order valence-electron chi connectivity index (χ2n) is 6.00. The second-order valence-corrected chi connectivity index (χ2v) is 6.00. The zero-order valence-electron chi connectivity index (χ0n) is 14.4. The smallest absolute Gasteiger partial charge is 0.134 e. The summed E-state index contributed by atoms with van der Waals surface area (Å²) in [5.41, 5.74) is 2.31. The van der Waals surface area contributed by atoms with Crippen LogP contribution in [0.3, 0.4) is 0 Å². The molecule has 2 heterocycles. The highest BCUT2D eigenvalue weighted by Gasteiger charge is 2.08. The quantitative estimate of drug-likeness (QED) is 0.668. The molecule has 24 heavy (non-hydrogen) atoms. The largest absolute Gasteiger partial charge is 0.497 e. The van der Waals surface area contributed by atoms with Crippen LogP contribution in [0.5, 0.6) is 5.75 Å². The molecule has 0 aliphatic carbocycles. The van der Waals surface area contributed by atoms with E-state index in [1.807, 2.05) is 54.3 Å². The molecular formula is C19H23N3O2. The van der Waals surface area contributed by atoms with Crippen molar-refractivity contribution in [2.75, 3.05) is 20.7 Å². The Bertz CT molecular complexity index is 774. The zero-order chi connectivity index (χ0) is 16.9. The van der Waals surface area contributed by atoms with Gasteiger partial charge in [0.2, 0.25) is 0 Å². The summed E-state index contributed by atoms with van der Waals surface area (Å²) in [6.07, 6.45) is 4.96. The molecule has 0 radical (unpaired) electrons. The van der Waals surface area contributed by atoms with Crippen LogP contribution in [-0.4, -0.2) is 35.4 Å². The Hall–Kier alpha value is -2.53. The summed E-state index contributed by atoms with van der Waals surface area (Å²) in [5, 5.41) is 4.20. The number of methoxy groups -OCH3 is 1. The van der Waals surface area contributed by atoms with Crippen molar-refractivity contribution in [2.45, 2.75) is 13.0 Å². The lowest BCUT2D eigenvalue weighted by molar-refractivity contribution is 0.300. The molecule has 0 aliphatic rings. The highest BCUT2D eigenvalue weighted by molar-refractivity contribution is 5.58. The molecule has 0 bridgehead atoms. The van der Waals surface area contributed by atoms with E-state index in [4.69, 9.17) is 9.15 Å². The molecule has 0 aliphatic heterocycles. The maximum atomic E-state index is 5.97. The van der Waals surface area contributed by atoms with E-state index in [1.54, 1.807) is 7.11 Å². The van der Waals surface area contributed by atoms with Gasteiger partial charge in [0, 0.05) is 25.4 Å². The lowest BCUT2D eigenvalue weighted by Gasteiger charge is -2.14. The third-order valence-electron chi connectivity index (χ3n) is 4.00. The highest BCUT2D eigenvalue weighted by atomic mass is 16.5. The molecule has 0 fully saturated rings. The normalized spacial score (nSPS) is 11.2. The minimum Gasteiger partial charge on any atom is -0.497 e. The first-order chi connectivity index (χ1) is 11.6. The van der Waals surface area contributed by atoms with E-state index in [9.17, 15) is 0 Å². The lowest BCUT2D eigenvalue weighted by Crippen LogP contribution is -2.20. The van der Waals surface area contributed by atoms with Crippen molar-refractivity contribution >= 4 is 0 Å². The van der Waals surface area contributed by atoms with Crippen molar-refractivity contribution in [1.82, 2.24) is 14.7 Å². The first-order valence-electron chi connectivity index (χ1n) is 8.03. The predicted molar refractivity (Wildman–Crippen MR) is 93.9 cm³/mol. The van der Waals surface area contributed by atoms with Gasteiger partial charge < -0.3 is 9.15 Å². The molecule has 1 aromatic carbocycles. The van der Waals surface area contributed by atoms with Crippen LogP contribution in [0.4, 0.5) is 0 Å². The molecule has 0 saturated heterocycles. The predicted octanol–water partition coefficient (Wildman–Crippen LogP) is 3.36. The van der Waals surface area contributed by atoms with Gasteiger partial charge in [-0.05, 0) is 55.4 Å². The van der Waals surface area contributed by atoms with E-state index in [2.05, 4.69) is 23.2 Å². The lowest BCUT2D eigenvalue weighted by atomic mass is 10.2. The van der Waals surface area contributed by atoms with Gasteiger partial charge in [-0.2, -0.15) is 5.10 Å². The molecule has 3 aromatic rings. The van der Waals surface area contributed by atoms with Crippen LogP contribution >= 0.6 is 0 Å². The van der Waals surface area contributed by atoms with Gasteiger partial charge in [-0.25, -0.2) is 0 Å². The molecule has 126 valence electrons. The molecule has 0 amide bonds. The number of aryl methyl sites for hydroxylation is 1. The van der Waals surface area contributed by atoms with Gasteiger partial charge in [-0.3, -0.25) is 9.58 Å². The van der Waals surface area contributed by atoms with Crippen LogP contribution in [0.1, 0.15) is 11.3 Å². The number of nitrogens with zero attached hydrogens (tertiary/aromatic N) is 3. The topological polar surface area (TPSA) is 43.4 Å². The first kappa shape index (κ1) is 16.3. The fraction of sp³-hybridized carbons (Fsp3) is 0.316. The van der Waals surface area contributed by atoms with Gasteiger partial charge in [0.25, 0.3) is 0 Å². The van der Waals surface area contributed by atoms with E-state index >= 15 is 0 Å². The maximum absolute atomic E-state index is 5.97. The van der Waals surface area contributed by atoms with E-state index in [0.717, 1.165) is 42.3 Å². The Morgan fingerprint density at radius 2 is 1.96 bits per heavy atom. The van der Waals surface area contributed by atoms with E-state index < -0.39 is 0 Å². The fourth-order valence-corrected chi connectivity index (χ4v) is 2.64. The van der Waals surface area contributed by atoms with Gasteiger partial charge in [0.1, 0.15) is 17.3 Å². The molecule has 0 N–H and O–H groups in total. The Morgan fingerprint density at radius 3 is 2.62 bits per heavy atom. The Kier molecular flexibility index (Phi) is 5.01. The number of rotatable bonds is 7. The summed E-state index contributed by atoms with van der Waals surface area (Å²) in [5.74, 6) is 2.70. The summed E-state index contributed by atoms with van der Waals surface area (Å²) >= 11 is 0. The molecule has 0 atom stereocenters. The Morgan fingerprint density at radius 1 is 1.17 bits per heavy atom. The average molecular weight is 325 g/mol. The Balaban J connectivity index is 1.56. The molecule has 0 unspecified atom stereocenters. The van der Waals surface area contributed by atoms with Gasteiger partial charge >= 0.3 is 0 Å². The van der Waals surface area contributed by atoms with Gasteiger partial charge in [0.05, 0.1) is 19.9 Å². The van der Waals surface area contributed by atoms with E-state index in [-0.39, 0.29) is 0 Å².